The number of carbonyl (C=O) groups excluding carboxylic acids is 2. The number of aryl methyl sites for hydroxylation is 1. The van der Waals surface area contributed by atoms with E-state index in [1.54, 1.807) is 11.1 Å². The summed E-state index contributed by atoms with van der Waals surface area (Å²) in [4.78, 5) is 37.6. The fourth-order valence-electron chi connectivity index (χ4n) is 3.39. The molecule has 1 fully saturated rings. The van der Waals surface area contributed by atoms with Crippen molar-refractivity contribution in [3.63, 3.8) is 0 Å². The van der Waals surface area contributed by atoms with Crippen LogP contribution in [0.25, 0.3) is 0 Å². The summed E-state index contributed by atoms with van der Waals surface area (Å²) < 4.78 is 5.35. The highest BCUT2D eigenvalue weighted by molar-refractivity contribution is 5.92. The van der Waals surface area contributed by atoms with E-state index < -0.39 is 0 Å². The van der Waals surface area contributed by atoms with Crippen LogP contribution in [0.1, 0.15) is 61.6 Å². The summed E-state index contributed by atoms with van der Waals surface area (Å²) in [5.74, 6) is -0.169. The van der Waals surface area contributed by atoms with Crippen LogP contribution in [-0.2, 0) is 9.53 Å². The Hall–Kier alpha value is -2.06. The molecule has 0 aliphatic carbocycles. The Bertz CT molecular complexity index is 632. The van der Waals surface area contributed by atoms with E-state index in [9.17, 15) is 9.59 Å². The molecule has 8 heteroatoms. The molecule has 2 amide bonds. The first kappa shape index (κ1) is 24.2. The Kier molecular flexibility index (Phi) is 11.3. The van der Waals surface area contributed by atoms with Gasteiger partial charge in [-0.15, -0.1) is 0 Å². The van der Waals surface area contributed by atoms with Crippen molar-refractivity contribution in [2.24, 2.45) is 0 Å². The van der Waals surface area contributed by atoms with Crippen molar-refractivity contribution < 1.29 is 14.3 Å². The lowest BCUT2D eigenvalue weighted by atomic mass is 10.2. The molecule has 0 bridgehead atoms. The maximum Gasteiger partial charge on any atom is 0.274 e. The molecule has 1 aliphatic heterocycles. The minimum Gasteiger partial charge on any atom is -0.379 e. The first-order valence-corrected chi connectivity index (χ1v) is 11.2. The third kappa shape index (κ3) is 9.17. The van der Waals surface area contributed by atoms with Crippen LogP contribution in [-0.4, -0.2) is 84.1 Å². The molecule has 30 heavy (non-hydrogen) atoms. The van der Waals surface area contributed by atoms with Gasteiger partial charge < -0.3 is 15.0 Å². The van der Waals surface area contributed by atoms with Gasteiger partial charge >= 0.3 is 0 Å². The van der Waals surface area contributed by atoms with Gasteiger partial charge in [0.15, 0.2) is 0 Å². The Morgan fingerprint density at radius 2 is 1.90 bits per heavy atom. The molecule has 1 saturated heterocycles. The quantitative estimate of drug-likeness (QED) is 0.492. The number of amides is 2. The zero-order valence-electron chi connectivity index (χ0n) is 18.6. The van der Waals surface area contributed by atoms with Gasteiger partial charge in [-0.3, -0.25) is 19.5 Å². The number of morpholine rings is 1. The molecule has 0 spiro atoms. The van der Waals surface area contributed by atoms with E-state index in [4.69, 9.17) is 4.74 Å². The van der Waals surface area contributed by atoms with E-state index >= 15 is 0 Å². The van der Waals surface area contributed by atoms with Crippen LogP contribution in [0.15, 0.2) is 12.4 Å². The minimum absolute atomic E-state index is 0.0154. The van der Waals surface area contributed by atoms with Gasteiger partial charge in [-0.1, -0.05) is 26.2 Å². The minimum atomic E-state index is -0.154. The zero-order valence-corrected chi connectivity index (χ0v) is 18.6. The first-order valence-electron chi connectivity index (χ1n) is 11.2. The lowest BCUT2D eigenvalue weighted by Crippen LogP contribution is -2.39. The Morgan fingerprint density at radius 3 is 2.60 bits per heavy atom. The highest BCUT2D eigenvalue weighted by atomic mass is 16.5. The molecular formula is C22H37N5O3. The largest absolute Gasteiger partial charge is 0.379 e. The van der Waals surface area contributed by atoms with E-state index in [0.717, 1.165) is 70.6 Å². The average Bonchev–Trinajstić information content (AvgIpc) is 2.77. The van der Waals surface area contributed by atoms with Crippen LogP contribution >= 0.6 is 0 Å². The molecule has 1 aliphatic rings. The van der Waals surface area contributed by atoms with E-state index in [0.29, 0.717) is 31.7 Å². The van der Waals surface area contributed by atoms with Crippen molar-refractivity contribution in [3.8, 4) is 0 Å². The zero-order chi connectivity index (χ0) is 21.6. The molecule has 1 aromatic heterocycles. The van der Waals surface area contributed by atoms with Gasteiger partial charge in [0.25, 0.3) is 5.91 Å². The van der Waals surface area contributed by atoms with Gasteiger partial charge in [0.05, 0.1) is 25.1 Å². The number of hydrogen-bond acceptors (Lipinski definition) is 6. The standard InChI is InChI=1S/C22H37N5O3/c1-3-4-5-6-11-27(22(29)20-18-24-19(2)17-25-20)12-8-21(28)23-9-7-10-26-13-15-30-16-14-26/h17-18H,3-16H2,1-2H3,(H,23,28). The number of hydrogen-bond donors (Lipinski definition) is 1. The molecule has 0 aromatic carbocycles. The van der Waals surface area contributed by atoms with Gasteiger partial charge in [-0.2, -0.15) is 0 Å². The summed E-state index contributed by atoms with van der Waals surface area (Å²) in [5, 5.41) is 2.98. The summed E-state index contributed by atoms with van der Waals surface area (Å²) in [6.45, 7) is 10.2. The summed E-state index contributed by atoms with van der Waals surface area (Å²) in [6.07, 6.45) is 8.64. The van der Waals surface area contributed by atoms with E-state index in [2.05, 4.69) is 27.1 Å². The maximum atomic E-state index is 12.8. The topological polar surface area (TPSA) is 87.7 Å². The predicted molar refractivity (Wildman–Crippen MR) is 116 cm³/mol. The number of aromatic nitrogens is 2. The van der Waals surface area contributed by atoms with Crippen molar-refractivity contribution in [1.82, 2.24) is 25.1 Å². The van der Waals surface area contributed by atoms with Crippen molar-refractivity contribution in [2.75, 3.05) is 52.5 Å². The van der Waals surface area contributed by atoms with Crippen LogP contribution < -0.4 is 5.32 Å². The van der Waals surface area contributed by atoms with Crippen LogP contribution in [0.5, 0.6) is 0 Å². The van der Waals surface area contributed by atoms with Gasteiger partial charge in [-0.25, -0.2) is 4.98 Å². The van der Waals surface area contributed by atoms with Crippen LogP contribution in [0.4, 0.5) is 0 Å². The second kappa shape index (κ2) is 14.0. The molecular weight excluding hydrogens is 382 g/mol. The van der Waals surface area contributed by atoms with Crippen LogP contribution in [0.2, 0.25) is 0 Å². The number of ether oxygens (including phenoxy) is 1. The van der Waals surface area contributed by atoms with Crippen molar-refractivity contribution in [3.05, 3.63) is 23.8 Å². The average molecular weight is 420 g/mol. The summed E-state index contributed by atoms with van der Waals surface area (Å²) >= 11 is 0. The molecule has 1 aromatic rings. The van der Waals surface area contributed by atoms with Gasteiger partial charge in [0.1, 0.15) is 5.69 Å². The highest BCUT2D eigenvalue weighted by Crippen LogP contribution is 2.07. The van der Waals surface area contributed by atoms with Gasteiger partial charge in [0.2, 0.25) is 5.91 Å². The number of carbonyl (C=O) groups is 2. The monoisotopic (exact) mass is 419 g/mol. The van der Waals surface area contributed by atoms with Gasteiger partial charge in [0, 0.05) is 45.3 Å². The van der Waals surface area contributed by atoms with Crippen LogP contribution in [0, 0.1) is 6.92 Å². The molecule has 0 atom stereocenters. The normalized spacial score (nSPS) is 14.5. The second-order valence-electron chi connectivity index (χ2n) is 7.80. The fourth-order valence-corrected chi connectivity index (χ4v) is 3.39. The van der Waals surface area contributed by atoms with Crippen molar-refractivity contribution >= 4 is 11.8 Å². The summed E-state index contributed by atoms with van der Waals surface area (Å²) in [6, 6.07) is 0. The number of nitrogens with zero attached hydrogens (tertiary/aromatic N) is 4. The first-order chi connectivity index (χ1) is 14.6. The molecule has 0 radical (unpaired) electrons. The lowest BCUT2D eigenvalue weighted by molar-refractivity contribution is -0.121. The highest BCUT2D eigenvalue weighted by Gasteiger charge is 2.18. The Morgan fingerprint density at radius 1 is 1.10 bits per heavy atom. The Balaban J connectivity index is 1.75. The smallest absolute Gasteiger partial charge is 0.274 e. The molecule has 2 heterocycles. The molecule has 0 saturated carbocycles. The van der Waals surface area contributed by atoms with E-state index in [-0.39, 0.29) is 11.8 Å². The fraction of sp³-hybridized carbons (Fsp3) is 0.727. The molecule has 2 rings (SSSR count). The Labute approximate surface area is 180 Å². The van der Waals surface area contributed by atoms with Gasteiger partial charge in [-0.05, 0) is 26.3 Å². The molecule has 8 nitrogen and oxygen atoms in total. The number of unbranched alkanes of at least 4 members (excludes halogenated alkanes) is 3. The summed E-state index contributed by atoms with van der Waals surface area (Å²) in [5.41, 5.74) is 1.11. The number of nitrogens with one attached hydrogen (secondary N) is 1. The molecule has 168 valence electrons. The van der Waals surface area contributed by atoms with E-state index in [1.807, 2.05) is 6.92 Å². The predicted octanol–water partition coefficient (Wildman–Crippen LogP) is 2.04. The van der Waals surface area contributed by atoms with Crippen LogP contribution in [0.3, 0.4) is 0 Å². The maximum absolute atomic E-state index is 12.8. The molecule has 1 N–H and O–H groups in total. The van der Waals surface area contributed by atoms with E-state index in [1.165, 1.54) is 6.20 Å². The molecule has 0 unspecified atom stereocenters. The lowest BCUT2D eigenvalue weighted by Gasteiger charge is -2.26. The second-order valence-corrected chi connectivity index (χ2v) is 7.80. The third-order valence-electron chi connectivity index (χ3n) is 5.25. The number of rotatable bonds is 13. The van der Waals surface area contributed by atoms with Crippen molar-refractivity contribution in [1.29, 1.82) is 0 Å². The SMILES string of the molecule is CCCCCCN(CCC(=O)NCCCN1CCOCC1)C(=O)c1cnc(C)cn1. The summed E-state index contributed by atoms with van der Waals surface area (Å²) in [7, 11) is 0. The third-order valence-corrected chi connectivity index (χ3v) is 5.25. The van der Waals surface area contributed by atoms with Crippen molar-refractivity contribution in [2.45, 2.75) is 52.4 Å².